The van der Waals surface area contributed by atoms with Gasteiger partial charge in [0, 0.05) is 32.6 Å². The molecular formula is C23H28Cl2N2O2. The zero-order chi connectivity index (χ0) is 21.2. The van der Waals surface area contributed by atoms with Gasteiger partial charge in [0.2, 0.25) is 0 Å². The fourth-order valence-electron chi connectivity index (χ4n) is 3.77. The average molecular weight is 435 g/mol. The molecule has 0 aliphatic carbocycles. The van der Waals surface area contributed by atoms with Crippen molar-refractivity contribution in [1.29, 1.82) is 0 Å². The SMILES string of the molecule is CN(C(=O)OC(C)(C)C)C1CN(Cc2ccccc2)CC1c1ccc(Cl)c(Cl)c1. The second-order valence-electron chi connectivity index (χ2n) is 8.62. The van der Waals surface area contributed by atoms with Crippen molar-refractivity contribution in [1.82, 2.24) is 9.80 Å². The molecule has 0 saturated carbocycles. The topological polar surface area (TPSA) is 32.8 Å². The normalized spacial score (nSPS) is 19.9. The summed E-state index contributed by atoms with van der Waals surface area (Å²) in [7, 11) is 1.81. The average Bonchev–Trinajstić information content (AvgIpc) is 3.06. The lowest BCUT2D eigenvalue weighted by Gasteiger charge is -2.31. The minimum Gasteiger partial charge on any atom is -0.444 e. The highest BCUT2D eigenvalue weighted by atomic mass is 35.5. The van der Waals surface area contributed by atoms with Crippen LogP contribution in [-0.4, -0.2) is 47.7 Å². The van der Waals surface area contributed by atoms with E-state index in [4.69, 9.17) is 27.9 Å². The van der Waals surface area contributed by atoms with Gasteiger partial charge in [-0.15, -0.1) is 0 Å². The molecule has 2 atom stereocenters. The van der Waals surface area contributed by atoms with Crippen LogP contribution in [0.5, 0.6) is 0 Å². The monoisotopic (exact) mass is 434 g/mol. The molecule has 3 rings (SSSR count). The van der Waals surface area contributed by atoms with E-state index in [2.05, 4.69) is 17.0 Å². The zero-order valence-corrected chi connectivity index (χ0v) is 18.9. The fraction of sp³-hybridized carbons (Fsp3) is 0.435. The second kappa shape index (κ2) is 8.95. The fourth-order valence-corrected chi connectivity index (χ4v) is 4.08. The van der Waals surface area contributed by atoms with Crippen LogP contribution in [0.4, 0.5) is 4.79 Å². The van der Waals surface area contributed by atoms with Gasteiger partial charge in [-0.05, 0) is 44.0 Å². The van der Waals surface area contributed by atoms with Crippen molar-refractivity contribution in [3.8, 4) is 0 Å². The Morgan fingerprint density at radius 2 is 1.79 bits per heavy atom. The maximum absolute atomic E-state index is 12.7. The largest absolute Gasteiger partial charge is 0.444 e. The van der Waals surface area contributed by atoms with Gasteiger partial charge in [0.1, 0.15) is 5.60 Å². The maximum Gasteiger partial charge on any atom is 0.410 e. The third kappa shape index (κ3) is 5.65. The number of benzene rings is 2. The zero-order valence-electron chi connectivity index (χ0n) is 17.4. The first-order valence-corrected chi connectivity index (χ1v) is 10.6. The van der Waals surface area contributed by atoms with E-state index in [9.17, 15) is 4.79 Å². The van der Waals surface area contributed by atoms with Crippen molar-refractivity contribution >= 4 is 29.3 Å². The molecule has 29 heavy (non-hydrogen) atoms. The quantitative estimate of drug-likeness (QED) is 0.606. The summed E-state index contributed by atoms with van der Waals surface area (Å²) in [5.41, 5.74) is 1.79. The van der Waals surface area contributed by atoms with E-state index in [0.29, 0.717) is 10.0 Å². The Bertz CT molecular complexity index is 852. The highest BCUT2D eigenvalue weighted by Gasteiger charge is 2.39. The number of rotatable bonds is 4. The molecule has 1 fully saturated rings. The van der Waals surface area contributed by atoms with Crippen LogP contribution < -0.4 is 0 Å². The lowest BCUT2D eigenvalue weighted by Crippen LogP contribution is -2.44. The first-order chi connectivity index (χ1) is 13.6. The molecule has 4 nitrogen and oxygen atoms in total. The van der Waals surface area contributed by atoms with Crippen molar-refractivity contribution in [2.24, 2.45) is 0 Å². The van der Waals surface area contributed by atoms with Gasteiger partial charge < -0.3 is 9.64 Å². The van der Waals surface area contributed by atoms with Crippen molar-refractivity contribution in [3.05, 3.63) is 69.7 Å². The number of hydrogen-bond acceptors (Lipinski definition) is 3. The summed E-state index contributed by atoms with van der Waals surface area (Å²) in [6.45, 7) is 8.06. The van der Waals surface area contributed by atoms with Gasteiger partial charge >= 0.3 is 6.09 Å². The van der Waals surface area contributed by atoms with Crippen LogP contribution in [0.25, 0.3) is 0 Å². The van der Waals surface area contributed by atoms with E-state index in [1.807, 2.05) is 64.2 Å². The molecule has 6 heteroatoms. The molecule has 0 spiro atoms. The molecule has 2 aromatic carbocycles. The number of halogens is 2. The summed E-state index contributed by atoms with van der Waals surface area (Å²) < 4.78 is 5.61. The van der Waals surface area contributed by atoms with Crippen molar-refractivity contribution in [2.45, 2.75) is 44.9 Å². The number of carbonyl (C=O) groups excluding carboxylic acids is 1. The summed E-state index contributed by atoms with van der Waals surface area (Å²) in [5.74, 6) is 0.117. The van der Waals surface area contributed by atoms with Gasteiger partial charge in [-0.2, -0.15) is 0 Å². The summed E-state index contributed by atoms with van der Waals surface area (Å²) in [6.07, 6.45) is -0.311. The minimum absolute atomic E-state index is 0.0224. The Hall–Kier alpha value is -1.75. The Morgan fingerprint density at radius 1 is 1.10 bits per heavy atom. The number of likely N-dealkylation sites (N-methyl/N-ethyl adjacent to an activating group) is 1. The van der Waals surface area contributed by atoms with Crippen molar-refractivity contribution in [2.75, 3.05) is 20.1 Å². The van der Waals surface area contributed by atoms with Crippen LogP contribution in [0.2, 0.25) is 10.0 Å². The molecule has 0 radical (unpaired) electrons. The maximum atomic E-state index is 12.7. The molecule has 0 N–H and O–H groups in total. The predicted octanol–water partition coefficient (Wildman–Crippen LogP) is 5.83. The molecule has 1 amide bonds. The van der Waals surface area contributed by atoms with Gasteiger partial charge in [0.15, 0.2) is 0 Å². The first kappa shape index (κ1) is 21.9. The summed E-state index contributed by atoms with van der Waals surface area (Å²) in [6, 6.07) is 16.1. The van der Waals surface area contributed by atoms with E-state index < -0.39 is 5.60 Å². The Morgan fingerprint density at radius 3 is 2.41 bits per heavy atom. The first-order valence-electron chi connectivity index (χ1n) is 9.81. The third-order valence-corrected chi connectivity index (χ3v) is 5.90. The molecule has 0 bridgehead atoms. The molecular weight excluding hydrogens is 407 g/mol. The number of amides is 1. The van der Waals surface area contributed by atoms with E-state index in [1.165, 1.54) is 5.56 Å². The number of carbonyl (C=O) groups is 1. The lowest BCUT2D eigenvalue weighted by molar-refractivity contribution is 0.0217. The molecule has 1 aliphatic rings. The number of likely N-dealkylation sites (tertiary alicyclic amines) is 1. The predicted molar refractivity (Wildman–Crippen MR) is 119 cm³/mol. The highest BCUT2D eigenvalue weighted by molar-refractivity contribution is 6.42. The van der Waals surface area contributed by atoms with Gasteiger partial charge in [-0.1, -0.05) is 59.6 Å². The van der Waals surface area contributed by atoms with Crippen LogP contribution in [0, 0.1) is 0 Å². The second-order valence-corrected chi connectivity index (χ2v) is 9.43. The lowest BCUT2D eigenvalue weighted by atomic mass is 9.93. The standard InChI is InChI=1S/C23H28Cl2N2O2/c1-23(2,3)29-22(28)26(4)21-15-27(13-16-8-6-5-7-9-16)14-18(21)17-10-11-19(24)20(25)12-17/h5-12,18,21H,13-15H2,1-4H3. The molecule has 1 aliphatic heterocycles. The molecule has 2 unspecified atom stereocenters. The summed E-state index contributed by atoms with van der Waals surface area (Å²) in [5, 5.41) is 1.07. The molecule has 0 aromatic heterocycles. The van der Waals surface area contributed by atoms with Gasteiger partial charge in [-0.3, -0.25) is 4.90 Å². The van der Waals surface area contributed by atoms with E-state index in [1.54, 1.807) is 4.90 Å². The number of ether oxygens (including phenoxy) is 1. The Balaban J connectivity index is 1.84. The number of nitrogens with zero attached hydrogens (tertiary/aromatic N) is 2. The van der Waals surface area contributed by atoms with E-state index in [-0.39, 0.29) is 18.1 Å². The third-order valence-electron chi connectivity index (χ3n) is 5.16. The molecule has 2 aromatic rings. The van der Waals surface area contributed by atoms with Crippen LogP contribution in [-0.2, 0) is 11.3 Å². The van der Waals surface area contributed by atoms with E-state index >= 15 is 0 Å². The van der Waals surface area contributed by atoms with Crippen LogP contribution in [0.15, 0.2) is 48.5 Å². The van der Waals surface area contributed by atoms with Crippen molar-refractivity contribution in [3.63, 3.8) is 0 Å². The van der Waals surface area contributed by atoms with E-state index in [0.717, 1.165) is 25.2 Å². The molecule has 156 valence electrons. The smallest absolute Gasteiger partial charge is 0.410 e. The van der Waals surface area contributed by atoms with Gasteiger partial charge in [-0.25, -0.2) is 4.79 Å². The highest BCUT2D eigenvalue weighted by Crippen LogP contribution is 2.35. The van der Waals surface area contributed by atoms with Crippen molar-refractivity contribution < 1.29 is 9.53 Å². The number of hydrogen-bond donors (Lipinski definition) is 0. The minimum atomic E-state index is -0.535. The van der Waals surface area contributed by atoms with Gasteiger partial charge in [0.05, 0.1) is 16.1 Å². The van der Waals surface area contributed by atoms with Crippen LogP contribution >= 0.6 is 23.2 Å². The Kier molecular flexibility index (Phi) is 6.77. The summed E-state index contributed by atoms with van der Waals surface area (Å²) >= 11 is 12.4. The molecule has 1 saturated heterocycles. The molecule has 1 heterocycles. The summed E-state index contributed by atoms with van der Waals surface area (Å²) in [4.78, 5) is 16.8. The Labute approximate surface area is 183 Å². The van der Waals surface area contributed by atoms with Crippen LogP contribution in [0.3, 0.4) is 0 Å². The van der Waals surface area contributed by atoms with Crippen LogP contribution in [0.1, 0.15) is 37.8 Å². The van der Waals surface area contributed by atoms with Gasteiger partial charge in [0.25, 0.3) is 0 Å².